The number of methoxy groups -OCH3 is 1. The van der Waals surface area contributed by atoms with E-state index in [1.807, 2.05) is 12.1 Å². The molecule has 1 heterocycles. The number of piperazine rings is 1. The van der Waals surface area contributed by atoms with Crippen molar-refractivity contribution in [3.05, 3.63) is 59.9 Å². The fraction of sp³-hybridized carbons (Fsp3) is 0.368. The van der Waals surface area contributed by atoms with Crippen LogP contribution in [0.15, 0.2) is 48.5 Å². The summed E-state index contributed by atoms with van der Waals surface area (Å²) in [5.41, 5.74) is 1.54. The van der Waals surface area contributed by atoms with E-state index in [-0.39, 0.29) is 5.82 Å². The van der Waals surface area contributed by atoms with Gasteiger partial charge in [0, 0.05) is 44.0 Å². The highest BCUT2D eigenvalue weighted by molar-refractivity contribution is 5.49. The predicted octanol–water partition coefficient (Wildman–Crippen LogP) is 2.69. The molecule has 1 unspecified atom stereocenters. The lowest BCUT2D eigenvalue weighted by molar-refractivity contribution is 0.106. The molecule has 5 heteroatoms. The van der Waals surface area contributed by atoms with Crippen molar-refractivity contribution in [1.82, 2.24) is 4.90 Å². The Kier molecular flexibility index (Phi) is 5.33. The smallest absolute Gasteiger partial charge is 0.129 e. The minimum atomic E-state index is -0.793. The van der Waals surface area contributed by atoms with Gasteiger partial charge in [-0.1, -0.05) is 18.2 Å². The molecule has 1 fully saturated rings. The van der Waals surface area contributed by atoms with E-state index in [1.165, 1.54) is 11.8 Å². The summed E-state index contributed by atoms with van der Waals surface area (Å²) < 4.78 is 18.9. The highest BCUT2D eigenvalue weighted by Crippen LogP contribution is 2.22. The van der Waals surface area contributed by atoms with Crippen LogP contribution in [0.1, 0.15) is 11.7 Å². The van der Waals surface area contributed by atoms with E-state index in [1.54, 1.807) is 25.3 Å². The Bertz CT molecular complexity index is 655. The quantitative estimate of drug-likeness (QED) is 0.914. The third kappa shape index (κ3) is 3.86. The number of benzene rings is 2. The maximum absolute atomic E-state index is 13.7. The van der Waals surface area contributed by atoms with E-state index in [9.17, 15) is 9.50 Å². The Labute approximate surface area is 142 Å². The Morgan fingerprint density at radius 3 is 2.33 bits per heavy atom. The van der Waals surface area contributed by atoms with Gasteiger partial charge in [0.25, 0.3) is 0 Å². The number of nitrogens with zero attached hydrogens (tertiary/aromatic N) is 2. The van der Waals surface area contributed by atoms with Crippen LogP contribution in [-0.4, -0.2) is 49.8 Å². The number of rotatable bonds is 5. The Morgan fingerprint density at radius 2 is 1.71 bits per heavy atom. The summed E-state index contributed by atoms with van der Waals surface area (Å²) in [7, 11) is 1.66. The minimum absolute atomic E-state index is 0.345. The summed E-state index contributed by atoms with van der Waals surface area (Å²) in [6, 6.07) is 14.5. The van der Waals surface area contributed by atoms with Crippen LogP contribution in [0.25, 0.3) is 0 Å². The van der Waals surface area contributed by atoms with Gasteiger partial charge in [0.15, 0.2) is 0 Å². The number of aliphatic hydroxyl groups excluding tert-OH is 1. The van der Waals surface area contributed by atoms with Crippen molar-refractivity contribution in [2.24, 2.45) is 0 Å². The van der Waals surface area contributed by atoms with Gasteiger partial charge in [0.05, 0.1) is 13.2 Å². The second kappa shape index (κ2) is 7.64. The second-order valence-electron chi connectivity index (χ2n) is 6.02. The lowest BCUT2D eigenvalue weighted by Crippen LogP contribution is -2.47. The van der Waals surface area contributed by atoms with Crippen molar-refractivity contribution in [2.75, 3.05) is 44.7 Å². The van der Waals surface area contributed by atoms with Crippen LogP contribution in [0.4, 0.5) is 10.1 Å². The summed E-state index contributed by atoms with van der Waals surface area (Å²) >= 11 is 0. The number of halogens is 1. The molecule has 0 radical (unpaired) electrons. The van der Waals surface area contributed by atoms with Crippen molar-refractivity contribution >= 4 is 5.69 Å². The molecule has 0 saturated carbocycles. The molecule has 0 aromatic heterocycles. The van der Waals surface area contributed by atoms with Crippen LogP contribution in [0, 0.1) is 5.82 Å². The molecule has 1 aliphatic rings. The van der Waals surface area contributed by atoms with Crippen LogP contribution in [0.5, 0.6) is 5.75 Å². The largest absolute Gasteiger partial charge is 0.497 e. The van der Waals surface area contributed by atoms with Gasteiger partial charge < -0.3 is 14.7 Å². The van der Waals surface area contributed by atoms with Crippen LogP contribution < -0.4 is 9.64 Å². The van der Waals surface area contributed by atoms with E-state index in [2.05, 4.69) is 21.9 Å². The first kappa shape index (κ1) is 16.7. The molecule has 1 atom stereocenters. The molecule has 2 aromatic carbocycles. The van der Waals surface area contributed by atoms with E-state index >= 15 is 0 Å². The molecule has 1 N–H and O–H groups in total. The molecular formula is C19H23FN2O2. The molecule has 2 aromatic rings. The molecule has 0 amide bonds. The van der Waals surface area contributed by atoms with E-state index < -0.39 is 6.10 Å². The first-order valence-electron chi connectivity index (χ1n) is 8.21. The van der Waals surface area contributed by atoms with Crippen LogP contribution >= 0.6 is 0 Å². The van der Waals surface area contributed by atoms with Crippen LogP contribution in [-0.2, 0) is 0 Å². The van der Waals surface area contributed by atoms with Crippen LogP contribution in [0.2, 0.25) is 0 Å². The summed E-state index contributed by atoms with van der Waals surface area (Å²) in [4.78, 5) is 4.49. The normalized spacial score (nSPS) is 16.9. The maximum Gasteiger partial charge on any atom is 0.129 e. The number of β-amino-alcohol motifs (C(OH)–C–C–N with tert-alkyl or cyclic N) is 1. The molecule has 1 saturated heterocycles. The Balaban J connectivity index is 1.54. The predicted molar refractivity (Wildman–Crippen MR) is 93.0 cm³/mol. The van der Waals surface area contributed by atoms with Crippen molar-refractivity contribution in [3.8, 4) is 5.75 Å². The van der Waals surface area contributed by atoms with E-state index in [4.69, 9.17) is 4.74 Å². The summed E-state index contributed by atoms with van der Waals surface area (Å²) in [6.45, 7) is 3.92. The van der Waals surface area contributed by atoms with E-state index in [0.717, 1.165) is 31.9 Å². The van der Waals surface area contributed by atoms with Crippen molar-refractivity contribution in [2.45, 2.75) is 6.10 Å². The molecule has 128 valence electrons. The zero-order valence-corrected chi connectivity index (χ0v) is 13.9. The molecular weight excluding hydrogens is 307 g/mol. The van der Waals surface area contributed by atoms with Gasteiger partial charge >= 0.3 is 0 Å². The molecule has 0 aliphatic carbocycles. The van der Waals surface area contributed by atoms with Crippen molar-refractivity contribution in [1.29, 1.82) is 0 Å². The average Bonchev–Trinajstić information content (AvgIpc) is 2.63. The highest BCUT2D eigenvalue weighted by Gasteiger charge is 2.21. The Morgan fingerprint density at radius 1 is 1.04 bits per heavy atom. The standard InChI is InChI=1S/C19H23FN2O2/c1-24-16-8-6-15(7-9-16)22-12-10-21(11-13-22)14-19(23)17-4-2-3-5-18(17)20/h2-9,19,23H,10-14H2,1H3. The molecule has 0 bridgehead atoms. The van der Waals surface area contributed by atoms with Gasteiger partial charge in [-0.3, -0.25) is 4.90 Å². The van der Waals surface area contributed by atoms with Gasteiger partial charge in [-0.25, -0.2) is 4.39 Å². The third-order valence-electron chi connectivity index (χ3n) is 4.51. The monoisotopic (exact) mass is 330 g/mol. The van der Waals surface area contributed by atoms with Gasteiger partial charge in [0.2, 0.25) is 0 Å². The molecule has 24 heavy (non-hydrogen) atoms. The lowest BCUT2D eigenvalue weighted by atomic mass is 10.1. The molecule has 0 spiro atoms. The highest BCUT2D eigenvalue weighted by atomic mass is 19.1. The Hall–Kier alpha value is -2.11. The van der Waals surface area contributed by atoms with Crippen LogP contribution in [0.3, 0.4) is 0 Å². The zero-order chi connectivity index (χ0) is 16.9. The van der Waals surface area contributed by atoms with Crippen molar-refractivity contribution < 1.29 is 14.2 Å². The van der Waals surface area contributed by atoms with Gasteiger partial charge in [-0.15, -0.1) is 0 Å². The minimum Gasteiger partial charge on any atom is -0.497 e. The average molecular weight is 330 g/mol. The first-order chi connectivity index (χ1) is 11.7. The number of ether oxygens (including phenoxy) is 1. The van der Waals surface area contributed by atoms with Crippen molar-refractivity contribution in [3.63, 3.8) is 0 Å². The number of aliphatic hydroxyl groups is 1. The number of anilines is 1. The number of hydrogen-bond donors (Lipinski definition) is 1. The summed E-state index contributed by atoms with van der Waals surface area (Å²) in [5.74, 6) is 0.507. The summed E-state index contributed by atoms with van der Waals surface area (Å²) in [6.07, 6.45) is -0.793. The molecule has 4 nitrogen and oxygen atoms in total. The lowest BCUT2D eigenvalue weighted by Gasteiger charge is -2.37. The van der Waals surface area contributed by atoms with E-state index in [0.29, 0.717) is 12.1 Å². The van der Waals surface area contributed by atoms with Gasteiger partial charge in [-0.2, -0.15) is 0 Å². The summed E-state index contributed by atoms with van der Waals surface area (Å²) in [5, 5.41) is 10.3. The number of hydrogen-bond acceptors (Lipinski definition) is 4. The molecule has 3 rings (SSSR count). The fourth-order valence-corrected chi connectivity index (χ4v) is 3.07. The topological polar surface area (TPSA) is 35.9 Å². The fourth-order valence-electron chi connectivity index (χ4n) is 3.07. The first-order valence-corrected chi connectivity index (χ1v) is 8.21. The SMILES string of the molecule is COc1ccc(N2CCN(CC(O)c3ccccc3F)CC2)cc1. The zero-order valence-electron chi connectivity index (χ0n) is 13.9. The molecule has 1 aliphatic heterocycles. The van der Waals surface area contributed by atoms with Gasteiger partial charge in [-0.05, 0) is 30.3 Å². The van der Waals surface area contributed by atoms with Gasteiger partial charge in [0.1, 0.15) is 11.6 Å². The second-order valence-corrected chi connectivity index (χ2v) is 6.02. The third-order valence-corrected chi connectivity index (χ3v) is 4.51. The maximum atomic E-state index is 13.7.